The number of aromatic nitrogens is 1. The fourth-order valence-electron chi connectivity index (χ4n) is 4.79. The number of para-hydroxylation sites is 1. The second kappa shape index (κ2) is 10.4. The Balaban J connectivity index is 1.47. The Morgan fingerprint density at radius 1 is 0.917 bits per heavy atom. The molecule has 188 valence electrons. The van der Waals surface area contributed by atoms with E-state index in [4.69, 9.17) is 4.74 Å². The molecule has 36 heavy (non-hydrogen) atoms. The van der Waals surface area contributed by atoms with Crippen molar-refractivity contribution in [3.05, 3.63) is 78.0 Å². The SMILES string of the molecule is CC(C)(C)c1ccccc1Oc1ncccc1NC(=O)Nc1ccc(C2(C(=O)O)CCCCC2)cc1. The minimum absolute atomic E-state index is 0.126. The first-order chi connectivity index (χ1) is 17.2. The predicted molar refractivity (Wildman–Crippen MR) is 141 cm³/mol. The second-order valence-electron chi connectivity index (χ2n) is 10.3. The highest BCUT2D eigenvalue weighted by molar-refractivity contribution is 6.00. The number of ether oxygens (including phenoxy) is 1. The van der Waals surface area contributed by atoms with Crippen molar-refractivity contribution in [2.75, 3.05) is 10.6 Å². The van der Waals surface area contributed by atoms with Crippen LogP contribution >= 0.6 is 0 Å². The lowest BCUT2D eigenvalue weighted by Crippen LogP contribution is -2.37. The van der Waals surface area contributed by atoms with Crippen molar-refractivity contribution in [3.8, 4) is 11.6 Å². The number of hydrogen-bond acceptors (Lipinski definition) is 4. The second-order valence-corrected chi connectivity index (χ2v) is 10.3. The molecule has 0 spiro atoms. The first-order valence-corrected chi connectivity index (χ1v) is 12.3. The summed E-state index contributed by atoms with van der Waals surface area (Å²) in [5, 5.41) is 15.5. The number of anilines is 2. The quantitative estimate of drug-likeness (QED) is 0.344. The molecule has 1 saturated carbocycles. The maximum Gasteiger partial charge on any atom is 0.323 e. The van der Waals surface area contributed by atoms with Crippen LogP contribution in [0.1, 0.15) is 64.0 Å². The van der Waals surface area contributed by atoms with E-state index in [9.17, 15) is 14.7 Å². The van der Waals surface area contributed by atoms with Gasteiger partial charge in [0.05, 0.1) is 5.41 Å². The Morgan fingerprint density at radius 2 is 1.61 bits per heavy atom. The van der Waals surface area contributed by atoms with Gasteiger partial charge in [0.1, 0.15) is 11.4 Å². The summed E-state index contributed by atoms with van der Waals surface area (Å²) in [6.45, 7) is 6.33. The van der Waals surface area contributed by atoms with Crippen LogP contribution in [0.25, 0.3) is 0 Å². The van der Waals surface area contributed by atoms with E-state index in [0.29, 0.717) is 35.8 Å². The summed E-state index contributed by atoms with van der Waals surface area (Å²) in [5.74, 6) is 0.191. The molecule has 0 atom stereocenters. The van der Waals surface area contributed by atoms with Crippen LogP contribution in [-0.2, 0) is 15.6 Å². The third kappa shape index (κ3) is 5.51. The van der Waals surface area contributed by atoms with E-state index < -0.39 is 17.4 Å². The lowest BCUT2D eigenvalue weighted by molar-refractivity contribution is -0.145. The highest BCUT2D eigenvalue weighted by Crippen LogP contribution is 2.40. The smallest absolute Gasteiger partial charge is 0.323 e. The van der Waals surface area contributed by atoms with Gasteiger partial charge < -0.3 is 20.5 Å². The number of aliphatic carboxylic acids is 1. The molecule has 1 aliphatic rings. The zero-order chi connectivity index (χ0) is 25.8. The van der Waals surface area contributed by atoms with Gasteiger partial charge in [-0.15, -0.1) is 0 Å². The Kier molecular flexibility index (Phi) is 7.29. The van der Waals surface area contributed by atoms with Crippen LogP contribution in [0.2, 0.25) is 0 Å². The number of amides is 2. The molecule has 2 aromatic carbocycles. The largest absolute Gasteiger partial charge is 0.481 e. The summed E-state index contributed by atoms with van der Waals surface area (Å²) >= 11 is 0. The highest BCUT2D eigenvalue weighted by Gasteiger charge is 2.41. The number of nitrogens with one attached hydrogen (secondary N) is 2. The molecule has 0 aliphatic heterocycles. The highest BCUT2D eigenvalue weighted by atomic mass is 16.5. The van der Waals surface area contributed by atoms with Crippen LogP contribution in [-0.4, -0.2) is 22.1 Å². The Hall–Kier alpha value is -3.87. The van der Waals surface area contributed by atoms with Gasteiger partial charge in [0.25, 0.3) is 0 Å². The third-order valence-corrected chi connectivity index (χ3v) is 6.73. The molecular weight excluding hydrogens is 454 g/mol. The molecule has 0 radical (unpaired) electrons. The fraction of sp³-hybridized carbons (Fsp3) is 0.345. The fourth-order valence-corrected chi connectivity index (χ4v) is 4.79. The number of carboxylic acid groups (broad SMARTS) is 1. The van der Waals surface area contributed by atoms with Gasteiger partial charge in [-0.3, -0.25) is 4.79 Å². The molecule has 0 saturated heterocycles. The van der Waals surface area contributed by atoms with Gasteiger partial charge in [0.2, 0.25) is 5.88 Å². The molecule has 0 unspecified atom stereocenters. The molecule has 3 N–H and O–H groups in total. The number of carboxylic acids is 1. The molecule has 0 bridgehead atoms. The minimum Gasteiger partial charge on any atom is -0.481 e. The van der Waals surface area contributed by atoms with Gasteiger partial charge in [0, 0.05) is 17.4 Å². The number of carbonyl (C=O) groups is 2. The molecule has 7 heteroatoms. The van der Waals surface area contributed by atoms with Crippen LogP contribution < -0.4 is 15.4 Å². The van der Waals surface area contributed by atoms with Crippen molar-refractivity contribution in [1.82, 2.24) is 4.98 Å². The summed E-state index contributed by atoms with van der Waals surface area (Å²) in [6.07, 6.45) is 5.77. The number of pyridine rings is 1. The first kappa shape index (κ1) is 25.2. The zero-order valence-corrected chi connectivity index (χ0v) is 21.0. The van der Waals surface area contributed by atoms with E-state index in [1.807, 2.05) is 24.3 Å². The zero-order valence-electron chi connectivity index (χ0n) is 21.0. The Morgan fingerprint density at radius 3 is 2.28 bits per heavy atom. The van der Waals surface area contributed by atoms with Crippen molar-refractivity contribution in [1.29, 1.82) is 0 Å². The molecule has 2 amide bonds. The number of nitrogens with zero attached hydrogens (tertiary/aromatic N) is 1. The van der Waals surface area contributed by atoms with E-state index in [1.165, 1.54) is 0 Å². The van der Waals surface area contributed by atoms with Gasteiger partial charge in [-0.25, -0.2) is 9.78 Å². The van der Waals surface area contributed by atoms with E-state index in [1.54, 1.807) is 42.6 Å². The van der Waals surface area contributed by atoms with Gasteiger partial charge in [-0.2, -0.15) is 0 Å². The minimum atomic E-state index is -0.843. The molecule has 1 fully saturated rings. The molecule has 7 nitrogen and oxygen atoms in total. The number of hydrogen-bond donors (Lipinski definition) is 3. The summed E-state index contributed by atoms with van der Waals surface area (Å²) in [6, 6.07) is 17.9. The van der Waals surface area contributed by atoms with E-state index in [-0.39, 0.29) is 5.41 Å². The lowest BCUT2D eigenvalue weighted by Gasteiger charge is -2.33. The van der Waals surface area contributed by atoms with Crippen molar-refractivity contribution in [3.63, 3.8) is 0 Å². The first-order valence-electron chi connectivity index (χ1n) is 12.3. The van der Waals surface area contributed by atoms with Crippen LogP contribution in [0.3, 0.4) is 0 Å². The van der Waals surface area contributed by atoms with Crippen LogP contribution in [0.4, 0.5) is 16.2 Å². The van der Waals surface area contributed by atoms with Crippen molar-refractivity contribution >= 4 is 23.4 Å². The monoisotopic (exact) mass is 487 g/mol. The average Bonchev–Trinajstić information content (AvgIpc) is 2.85. The maximum atomic E-state index is 12.8. The average molecular weight is 488 g/mol. The van der Waals surface area contributed by atoms with Gasteiger partial charge in [-0.1, -0.05) is 70.4 Å². The number of urea groups is 1. The van der Waals surface area contributed by atoms with E-state index in [0.717, 1.165) is 30.4 Å². The summed E-state index contributed by atoms with van der Waals surface area (Å²) in [7, 11) is 0. The third-order valence-electron chi connectivity index (χ3n) is 6.73. The van der Waals surface area contributed by atoms with Gasteiger partial charge in [-0.05, 0) is 54.2 Å². The van der Waals surface area contributed by atoms with Crippen LogP contribution in [0, 0.1) is 0 Å². The van der Waals surface area contributed by atoms with Gasteiger partial charge >= 0.3 is 12.0 Å². The van der Waals surface area contributed by atoms with Crippen LogP contribution in [0.5, 0.6) is 11.6 Å². The maximum absolute atomic E-state index is 12.8. The lowest BCUT2D eigenvalue weighted by atomic mass is 9.69. The topological polar surface area (TPSA) is 101 Å². The Labute approximate surface area is 211 Å². The molecular formula is C29H33N3O4. The Bertz CT molecular complexity index is 1230. The van der Waals surface area contributed by atoms with Gasteiger partial charge in [0.15, 0.2) is 0 Å². The predicted octanol–water partition coefficient (Wildman–Crippen LogP) is 7.10. The van der Waals surface area contributed by atoms with E-state index in [2.05, 4.69) is 36.4 Å². The summed E-state index contributed by atoms with van der Waals surface area (Å²) in [5.41, 5.74) is 1.84. The van der Waals surface area contributed by atoms with Crippen LogP contribution in [0.15, 0.2) is 66.9 Å². The summed E-state index contributed by atoms with van der Waals surface area (Å²) in [4.78, 5) is 29.2. The molecule has 1 aromatic heterocycles. The standard InChI is InChI=1S/C29H33N3O4/c1-28(2,3)22-10-5-6-12-24(22)36-25-23(11-9-19-30-25)32-27(35)31-21-15-13-20(14-16-21)29(26(33)34)17-7-4-8-18-29/h5-6,9-16,19H,4,7-8,17-18H2,1-3H3,(H,33,34)(H2,31,32,35). The van der Waals surface area contributed by atoms with Crippen molar-refractivity contribution in [2.24, 2.45) is 0 Å². The molecule has 3 aromatic rings. The molecule has 1 heterocycles. The van der Waals surface area contributed by atoms with E-state index >= 15 is 0 Å². The summed E-state index contributed by atoms with van der Waals surface area (Å²) < 4.78 is 6.13. The van der Waals surface area contributed by atoms with Crippen molar-refractivity contribution in [2.45, 2.75) is 63.7 Å². The number of carbonyl (C=O) groups excluding carboxylic acids is 1. The molecule has 1 aliphatic carbocycles. The number of benzene rings is 2. The normalized spacial score (nSPS) is 15.1. The molecule has 4 rings (SSSR count). The van der Waals surface area contributed by atoms with Crippen molar-refractivity contribution < 1.29 is 19.4 Å². The number of rotatable bonds is 6.